The molecule has 0 saturated heterocycles. The summed E-state index contributed by atoms with van der Waals surface area (Å²) in [6, 6.07) is 6.99. The Kier molecular flexibility index (Phi) is 4.26. The van der Waals surface area contributed by atoms with Crippen LogP contribution in [0.2, 0.25) is 0 Å². The van der Waals surface area contributed by atoms with E-state index in [1.165, 1.54) is 31.4 Å². The van der Waals surface area contributed by atoms with Crippen LogP contribution in [0.15, 0.2) is 36.4 Å². The number of hydrogen-bond donors (Lipinski definition) is 2. The van der Waals surface area contributed by atoms with Gasteiger partial charge < -0.3 is 4.74 Å². The minimum Gasteiger partial charge on any atom is -0.494 e. The summed E-state index contributed by atoms with van der Waals surface area (Å²) in [7, 11) is 1.34. The van der Waals surface area contributed by atoms with Crippen LogP contribution in [-0.2, 0) is 0 Å². The standard InChI is InChI=1S/C14H13F3N2O/c1-20-13-7-9(3-5-11(13)16)14(19-18)8-2-4-10(15)12(17)6-8/h2-7,14,19H,18H2,1H3. The average Bonchev–Trinajstić information content (AvgIpc) is 2.45. The van der Waals surface area contributed by atoms with Gasteiger partial charge in [-0.25, -0.2) is 18.6 Å². The van der Waals surface area contributed by atoms with Crippen LogP contribution in [0.25, 0.3) is 0 Å². The summed E-state index contributed by atoms with van der Waals surface area (Å²) in [6.45, 7) is 0. The van der Waals surface area contributed by atoms with Gasteiger partial charge in [0, 0.05) is 0 Å². The Morgan fingerprint density at radius 3 is 2.10 bits per heavy atom. The van der Waals surface area contributed by atoms with E-state index in [1.807, 2.05) is 0 Å². The molecule has 0 aromatic heterocycles. The van der Waals surface area contributed by atoms with Gasteiger partial charge >= 0.3 is 0 Å². The summed E-state index contributed by atoms with van der Waals surface area (Å²) in [5, 5.41) is 0. The van der Waals surface area contributed by atoms with Crippen LogP contribution in [0.1, 0.15) is 17.2 Å². The van der Waals surface area contributed by atoms with Crippen molar-refractivity contribution in [2.75, 3.05) is 7.11 Å². The maximum Gasteiger partial charge on any atom is 0.165 e. The molecular weight excluding hydrogens is 269 g/mol. The van der Waals surface area contributed by atoms with Crippen molar-refractivity contribution in [1.82, 2.24) is 5.43 Å². The van der Waals surface area contributed by atoms with Crippen LogP contribution in [-0.4, -0.2) is 7.11 Å². The number of nitrogens with two attached hydrogens (primary N) is 1. The van der Waals surface area contributed by atoms with Crippen LogP contribution >= 0.6 is 0 Å². The SMILES string of the molecule is COc1cc(C(NN)c2ccc(F)c(F)c2)ccc1F. The number of ether oxygens (including phenoxy) is 1. The Labute approximate surface area is 114 Å². The molecule has 0 fully saturated rings. The van der Waals surface area contributed by atoms with Crippen molar-refractivity contribution < 1.29 is 17.9 Å². The molecule has 6 heteroatoms. The summed E-state index contributed by atoms with van der Waals surface area (Å²) in [5.74, 6) is 3.07. The summed E-state index contributed by atoms with van der Waals surface area (Å²) >= 11 is 0. The highest BCUT2D eigenvalue weighted by molar-refractivity contribution is 5.37. The Hall–Kier alpha value is -2.05. The first-order valence-electron chi connectivity index (χ1n) is 5.81. The largest absolute Gasteiger partial charge is 0.494 e. The maximum absolute atomic E-state index is 13.4. The third-order valence-electron chi connectivity index (χ3n) is 2.95. The lowest BCUT2D eigenvalue weighted by atomic mass is 9.99. The molecule has 2 aromatic carbocycles. The van der Waals surface area contributed by atoms with Crippen molar-refractivity contribution in [3.05, 3.63) is 65.0 Å². The Morgan fingerprint density at radius 2 is 1.55 bits per heavy atom. The van der Waals surface area contributed by atoms with E-state index >= 15 is 0 Å². The second-order valence-corrected chi connectivity index (χ2v) is 4.17. The van der Waals surface area contributed by atoms with Crippen LogP contribution in [0.4, 0.5) is 13.2 Å². The van der Waals surface area contributed by atoms with Crippen molar-refractivity contribution in [2.45, 2.75) is 6.04 Å². The van der Waals surface area contributed by atoms with Gasteiger partial charge in [0.15, 0.2) is 23.2 Å². The first-order chi connectivity index (χ1) is 9.56. The normalized spacial score (nSPS) is 12.2. The summed E-state index contributed by atoms with van der Waals surface area (Å²) < 4.78 is 44.5. The zero-order chi connectivity index (χ0) is 14.7. The predicted molar refractivity (Wildman–Crippen MR) is 68.5 cm³/mol. The van der Waals surface area contributed by atoms with Crippen LogP contribution in [0, 0.1) is 17.5 Å². The first-order valence-corrected chi connectivity index (χ1v) is 5.81. The lowest BCUT2D eigenvalue weighted by Crippen LogP contribution is -2.29. The van der Waals surface area contributed by atoms with Gasteiger partial charge in [0.1, 0.15) is 0 Å². The smallest absolute Gasteiger partial charge is 0.165 e. The number of methoxy groups -OCH3 is 1. The molecule has 2 rings (SSSR count). The molecule has 1 atom stereocenters. The molecule has 3 N–H and O–H groups in total. The lowest BCUT2D eigenvalue weighted by Gasteiger charge is -2.18. The fourth-order valence-electron chi connectivity index (χ4n) is 1.93. The number of hydrazine groups is 1. The molecule has 2 aromatic rings. The molecule has 0 bridgehead atoms. The van der Waals surface area contributed by atoms with Crippen LogP contribution in [0.3, 0.4) is 0 Å². The minimum absolute atomic E-state index is 0.0466. The summed E-state index contributed by atoms with van der Waals surface area (Å²) in [6.07, 6.45) is 0. The van der Waals surface area contributed by atoms with E-state index in [0.717, 1.165) is 12.1 Å². The van der Waals surface area contributed by atoms with Crippen LogP contribution < -0.4 is 16.0 Å². The molecule has 0 aliphatic rings. The first kappa shape index (κ1) is 14.4. The number of benzene rings is 2. The van der Waals surface area contributed by atoms with Gasteiger partial charge in [0.25, 0.3) is 0 Å². The zero-order valence-electron chi connectivity index (χ0n) is 10.7. The third kappa shape index (κ3) is 2.76. The molecule has 0 aliphatic carbocycles. The Morgan fingerprint density at radius 1 is 0.950 bits per heavy atom. The fraction of sp³-hybridized carbons (Fsp3) is 0.143. The molecule has 0 radical (unpaired) electrons. The van der Waals surface area contributed by atoms with E-state index in [2.05, 4.69) is 5.43 Å². The highest BCUT2D eigenvalue weighted by atomic mass is 19.2. The van der Waals surface area contributed by atoms with Gasteiger partial charge in [-0.1, -0.05) is 12.1 Å². The fourth-order valence-corrected chi connectivity index (χ4v) is 1.93. The number of nitrogens with one attached hydrogen (secondary N) is 1. The van der Waals surface area contributed by atoms with Gasteiger partial charge in [0.2, 0.25) is 0 Å². The Balaban J connectivity index is 2.43. The van der Waals surface area contributed by atoms with Gasteiger partial charge in [-0.15, -0.1) is 0 Å². The van der Waals surface area contributed by atoms with Gasteiger partial charge in [-0.05, 0) is 35.4 Å². The molecule has 0 heterocycles. The minimum atomic E-state index is -0.975. The number of hydrogen-bond acceptors (Lipinski definition) is 3. The highest BCUT2D eigenvalue weighted by Crippen LogP contribution is 2.27. The monoisotopic (exact) mass is 282 g/mol. The molecule has 0 amide bonds. The second-order valence-electron chi connectivity index (χ2n) is 4.17. The Bertz CT molecular complexity index is 619. The summed E-state index contributed by atoms with van der Waals surface area (Å²) in [5.41, 5.74) is 3.47. The molecule has 0 spiro atoms. The van der Waals surface area contributed by atoms with Crippen molar-refractivity contribution in [3.63, 3.8) is 0 Å². The third-order valence-corrected chi connectivity index (χ3v) is 2.95. The van der Waals surface area contributed by atoms with E-state index in [-0.39, 0.29) is 5.75 Å². The molecule has 0 aliphatic heterocycles. The number of rotatable bonds is 4. The molecule has 20 heavy (non-hydrogen) atoms. The topological polar surface area (TPSA) is 47.3 Å². The van der Waals surface area contributed by atoms with Gasteiger partial charge in [-0.2, -0.15) is 0 Å². The van der Waals surface area contributed by atoms with E-state index in [0.29, 0.717) is 11.1 Å². The van der Waals surface area contributed by atoms with E-state index in [4.69, 9.17) is 10.6 Å². The molecule has 3 nitrogen and oxygen atoms in total. The number of halogens is 3. The summed E-state index contributed by atoms with van der Waals surface area (Å²) in [4.78, 5) is 0. The molecule has 106 valence electrons. The van der Waals surface area contributed by atoms with Crippen molar-refractivity contribution >= 4 is 0 Å². The maximum atomic E-state index is 13.4. The van der Waals surface area contributed by atoms with Crippen LogP contribution in [0.5, 0.6) is 5.75 Å². The van der Waals surface area contributed by atoms with Gasteiger partial charge in [0.05, 0.1) is 13.2 Å². The van der Waals surface area contributed by atoms with Crippen molar-refractivity contribution in [3.8, 4) is 5.75 Å². The average molecular weight is 282 g/mol. The molecule has 1 unspecified atom stereocenters. The van der Waals surface area contributed by atoms with E-state index in [9.17, 15) is 13.2 Å². The van der Waals surface area contributed by atoms with Crippen molar-refractivity contribution in [1.29, 1.82) is 0 Å². The van der Waals surface area contributed by atoms with Crippen molar-refractivity contribution in [2.24, 2.45) is 5.84 Å². The molecule has 0 saturated carbocycles. The predicted octanol–water partition coefficient (Wildman–Crippen LogP) is 2.67. The van der Waals surface area contributed by atoms with E-state index < -0.39 is 23.5 Å². The molecular formula is C14H13F3N2O. The van der Waals surface area contributed by atoms with Gasteiger partial charge in [-0.3, -0.25) is 5.84 Å². The zero-order valence-corrected chi connectivity index (χ0v) is 10.7. The second kappa shape index (κ2) is 5.94. The highest BCUT2D eigenvalue weighted by Gasteiger charge is 2.16. The van der Waals surface area contributed by atoms with E-state index in [1.54, 1.807) is 0 Å². The lowest BCUT2D eigenvalue weighted by molar-refractivity contribution is 0.385. The quantitative estimate of drug-likeness (QED) is 0.669.